The van der Waals surface area contributed by atoms with E-state index >= 15 is 0 Å². The summed E-state index contributed by atoms with van der Waals surface area (Å²) in [5.41, 5.74) is 2.70. The molecule has 210 valence electrons. The van der Waals surface area contributed by atoms with Crippen molar-refractivity contribution in [3.63, 3.8) is 0 Å². The lowest BCUT2D eigenvalue weighted by Crippen LogP contribution is -2.03. The van der Waals surface area contributed by atoms with E-state index in [1.807, 2.05) is 36.4 Å². The van der Waals surface area contributed by atoms with Crippen molar-refractivity contribution in [2.24, 2.45) is 0 Å². The number of alkyl halides is 1. The van der Waals surface area contributed by atoms with Crippen LogP contribution in [0.2, 0.25) is 15.1 Å². The van der Waals surface area contributed by atoms with Gasteiger partial charge in [-0.05, 0) is 36.8 Å². The van der Waals surface area contributed by atoms with Gasteiger partial charge in [0.15, 0.2) is 6.29 Å². The van der Waals surface area contributed by atoms with Gasteiger partial charge in [-0.1, -0.05) is 81.1 Å². The zero-order valence-electron chi connectivity index (χ0n) is 21.4. The number of aldehydes is 1. The highest BCUT2D eigenvalue weighted by Gasteiger charge is 2.17. The highest BCUT2D eigenvalue weighted by atomic mass is 79.9. The van der Waals surface area contributed by atoms with Gasteiger partial charge in [0.05, 0.1) is 38.9 Å². The minimum absolute atomic E-state index is 0.0458. The fourth-order valence-corrected chi connectivity index (χ4v) is 4.93. The number of nitriles is 1. The number of carbonyl (C=O) groups excluding carboxylic acids is 1. The molecular weight excluding hydrogens is 656 g/mol. The van der Waals surface area contributed by atoms with E-state index < -0.39 is 5.82 Å². The smallest absolute Gasteiger partial charge is 0.153 e. The van der Waals surface area contributed by atoms with Crippen LogP contribution in [0.3, 0.4) is 0 Å². The monoisotopic (exact) mass is 675 g/mol. The molecule has 0 atom stereocenters. The number of hydrogen-bond acceptors (Lipinski definition) is 5. The summed E-state index contributed by atoms with van der Waals surface area (Å²) in [5.74, 6) is 0.411. The van der Waals surface area contributed by atoms with Gasteiger partial charge in [-0.3, -0.25) is 4.79 Å². The maximum atomic E-state index is 14.2. The molecule has 0 spiro atoms. The van der Waals surface area contributed by atoms with Crippen LogP contribution >= 0.6 is 50.7 Å². The number of ether oxygens (including phenoxy) is 3. The Morgan fingerprint density at radius 2 is 1.54 bits per heavy atom. The Balaban J connectivity index is 1.55. The predicted molar refractivity (Wildman–Crippen MR) is 162 cm³/mol. The first kappa shape index (κ1) is 30.7. The first-order chi connectivity index (χ1) is 19.9. The number of carbonyl (C=O) groups is 1. The Hall–Kier alpha value is -3.28. The van der Waals surface area contributed by atoms with E-state index in [0.717, 1.165) is 11.8 Å². The second-order valence-corrected chi connectivity index (χ2v) is 10.7. The summed E-state index contributed by atoms with van der Waals surface area (Å²) in [6, 6.07) is 19.8. The van der Waals surface area contributed by atoms with Crippen molar-refractivity contribution in [1.82, 2.24) is 0 Å². The van der Waals surface area contributed by atoms with Crippen LogP contribution in [-0.4, -0.2) is 18.2 Å². The van der Waals surface area contributed by atoms with Gasteiger partial charge >= 0.3 is 0 Å². The lowest BCUT2D eigenvalue weighted by Gasteiger charge is -2.16. The molecule has 4 aromatic carbocycles. The minimum atomic E-state index is -0.534. The Kier molecular flexibility index (Phi) is 10.9. The van der Waals surface area contributed by atoms with Gasteiger partial charge in [-0.2, -0.15) is 5.26 Å². The third-order valence-electron chi connectivity index (χ3n) is 6.00. The Morgan fingerprint density at radius 3 is 2.27 bits per heavy atom. The predicted octanol–water partition coefficient (Wildman–Crippen LogP) is 9.46. The standard InChI is InChI=1S/C31H22BrCl3FNO4/c32-10-3-11-39-27-7-2-6-24(31(27)35)23-5-1-4-20(30(23)34)17-41-29-14-28(21(16-38)13-25(29)33)40-18-22-12-19(15-37)8-9-26(22)36/h1-2,4-9,12-14,16H,3,10-11,17-18H2. The normalized spacial score (nSPS) is 10.6. The van der Waals surface area contributed by atoms with Gasteiger partial charge < -0.3 is 14.2 Å². The van der Waals surface area contributed by atoms with Gasteiger partial charge in [-0.15, -0.1) is 0 Å². The molecule has 0 heterocycles. The molecule has 0 N–H and O–H groups in total. The van der Waals surface area contributed by atoms with Gasteiger partial charge in [0.2, 0.25) is 0 Å². The van der Waals surface area contributed by atoms with Gasteiger partial charge in [0, 0.05) is 33.7 Å². The lowest BCUT2D eigenvalue weighted by molar-refractivity contribution is 0.111. The van der Waals surface area contributed by atoms with Crippen LogP contribution in [0.5, 0.6) is 17.2 Å². The Morgan fingerprint density at radius 1 is 0.829 bits per heavy atom. The average Bonchev–Trinajstić information content (AvgIpc) is 2.98. The summed E-state index contributed by atoms with van der Waals surface area (Å²) >= 11 is 23.2. The molecule has 0 aromatic heterocycles. The van der Waals surface area contributed by atoms with Crippen molar-refractivity contribution in [1.29, 1.82) is 5.26 Å². The van der Waals surface area contributed by atoms with Crippen LogP contribution in [0.1, 0.15) is 33.5 Å². The third-order valence-corrected chi connectivity index (χ3v) is 7.69. The van der Waals surface area contributed by atoms with E-state index in [0.29, 0.717) is 45.4 Å². The lowest BCUT2D eigenvalue weighted by atomic mass is 10.0. The maximum absolute atomic E-state index is 14.2. The van der Waals surface area contributed by atoms with E-state index in [2.05, 4.69) is 15.9 Å². The first-order valence-electron chi connectivity index (χ1n) is 12.3. The van der Waals surface area contributed by atoms with Crippen LogP contribution in [0.4, 0.5) is 4.39 Å². The molecule has 0 amide bonds. The molecule has 4 rings (SSSR count). The third kappa shape index (κ3) is 7.52. The van der Waals surface area contributed by atoms with Gasteiger partial charge in [-0.25, -0.2) is 4.39 Å². The molecule has 0 aliphatic heterocycles. The molecule has 0 saturated carbocycles. The van der Waals surface area contributed by atoms with Gasteiger partial charge in [0.1, 0.15) is 36.3 Å². The second-order valence-electron chi connectivity index (χ2n) is 8.72. The van der Waals surface area contributed by atoms with Crippen molar-refractivity contribution < 1.29 is 23.4 Å². The van der Waals surface area contributed by atoms with Crippen LogP contribution in [0, 0.1) is 17.1 Å². The molecule has 0 aliphatic rings. The molecule has 0 bridgehead atoms. The maximum Gasteiger partial charge on any atom is 0.153 e. The zero-order chi connectivity index (χ0) is 29.4. The summed E-state index contributed by atoms with van der Waals surface area (Å²) in [5, 5.41) is 11.0. The molecular formula is C31H22BrCl3FNO4. The summed E-state index contributed by atoms with van der Waals surface area (Å²) in [4.78, 5) is 11.7. The molecule has 10 heteroatoms. The van der Waals surface area contributed by atoms with E-state index in [9.17, 15) is 9.18 Å². The van der Waals surface area contributed by atoms with E-state index in [-0.39, 0.29) is 46.4 Å². The summed E-state index contributed by atoms with van der Waals surface area (Å²) < 4.78 is 31.7. The highest BCUT2D eigenvalue weighted by Crippen LogP contribution is 2.40. The zero-order valence-corrected chi connectivity index (χ0v) is 25.3. The van der Waals surface area contributed by atoms with Crippen molar-refractivity contribution in [3.05, 3.63) is 110 Å². The van der Waals surface area contributed by atoms with Crippen molar-refractivity contribution in [2.45, 2.75) is 19.6 Å². The van der Waals surface area contributed by atoms with Crippen LogP contribution in [0.25, 0.3) is 11.1 Å². The summed E-state index contributed by atoms with van der Waals surface area (Å²) in [6.45, 7) is 0.355. The molecule has 0 radical (unpaired) electrons. The second kappa shape index (κ2) is 14.6. The Labute approximate surface area is 260 Å². The number of hydrogen-bond donors (Lipinski definition) is 0. The number of rotatable bonds is 12. The van der Waals surface area contributed by atoms with E-state index in [1.54, 1.807) is 6.07 Å². The molecule has 5 nitrogen and oxygen atoms in total. The molecule has 4 aromatic rings. The largest absolute Gasteiger partial charge is 0.492 e. The first-order valence-corrected chi connectivity index (χ1v) is 14.6. The van der Waals surface area contributed by atoms with Gasteiger partial charge in [0.25, 0.3) is 0 Å². The quantitative estimate of drug-likeness (QED) is 0.0849. The van der Waals surface area contributed by atoms with Crippen LogP contribution < -0.4 is 14.2 Å². The highest BCUT2D eigenvalue weighted by molar-refractivity contribution is 9.09. The van der Waals surface area contributed by atoms with E-state index in [4.69, 9.17) is 54.3 Å². The molecule has 41 heavy (non-hydrogen) atoms. The van der Waals surface area contributed by atoms with Crippen LogP contribution in [-0.2, 0) is 13.2 Å². The number of halogens is 5. The van der Waals surface area contributed by atoms with Crippen molar-refractivity contribution in [3.8, 4) is 34.4 Å². The van der Waals surface area contributed by atoms with E-state index in [1.165, 1.54) is 30.3 Å². The number of nitrogens with zero attached hydrogens (tertiary/aromatic N) is 1. The topological polar surface area (TPSA) is 68.6 Å². The molecule has 0 saturated heterocycles. The fourth-order valence-electron chi connectivity index (χ4n) is 3.91. The molecule has 0 fully saturated rings. The van der Waals surface area contributed by atoms with Crippen molar-refractivity contribution >= 4 is 57.0 Å². The minimum Gasteiger partial charge on any atom is -0.492 e. The molecule has 0 unspecified atom stereocenters. The SMILES string of the molecule is N#Cc1ccc(F)c(COc2cc(OCc3cccc(-c4cccc(OCCCBr)c4Cl)c3Cl)c(Cl)cc2C=O)c1. The van der Waals surface area contributed by atoms with Crippen LogP contribution in [0.15, 0.2) is 66.7 Å². The number of benzene rings is 4. The fraction of sp³-hybridized carbons (Fsp3) is 0.161. The Bertz CT molecular complexity index is 1610. The average molecular weight is 678 g/mol. The summed E-state index contributed by atoms with van der Waals surface area (Å²) in [7, 11) is 0. The van der Waals surface area contributed by atoms with Crippen molar-refractivity contribution in [2.75, 3.05) is 11.9 Å². The molecule has 0 aliphatic carbocycles. The summed E-state index contributed by atoms with van der Waals surface area (Å²) in [6.07, 6.45) is 1.41.